The van der Waals surface area contributed by atoms with E-state index in [0.717, 1.165) is 49.8 Å². The van der Waals surface area contributed by atoms with Gasteiger partial charge in [-0.2, -0.15) is 0 Å². The third-order valence-electron chi connectivity index (χ3n) is 6.55. The zero-order valence-electron chi connectivity index (χ0n) is 20.3. The van der Waals surface area contributed by atoms with E-state index < -0.39 is 0 Å². The Bertz CT molecular complexity index is 923. The minimum absolute atomic E-state index is 0.0245. The first-order valence-electron chi connectivity index (χ1n) is 12.6. The average molecular weight is 450 g/mol. The number of carbonyl (C=O) groups is 1. The Morgan fingerprint density at radius 3 is 2.76 bits per heavy atom. The maximum absolute atomic E-state index is 12.7. The van der Waals surface area contributed by atoms with Crippen LogP contribution in [0.3, 0.4) is 0 Å². The van der Waals surface area contributed by atoms with Crippen LogP contribution in [0, 0.1) is 5.92 Å². The van der Waals surface area contributed by atoms with Crippen molar-refractivity contribution in [3.63, 3.8) is 0 Å². The average Bonchev–Trinajstić information content (AvgIpc) is 3.60. The standard InChI is InChI=1S/C28H39N3O2/c1-30(2)15-13-29-28(32)25-11-12-27-26(19-25)18-23-7-6-8-24(17-23)21-31(20-22-9-10-22)14-4-3-5-16-33-27/h6-8,11-12,17,19,22H,3-5,9-10,13-16,18,20-21H2,1-2H3,(H,29,32). The van der Waals surface area contributed by atoms with E-state index >= 15 is 0 Å². The first kappa shape index (κ1) is 23.8. The minimum Gasteiger partial charge on any atom is -0.493 e. The van der Waals surface area contributed by atoms with Crippen molar-refractivity contribution in [1.82, 2.24) is 15.1 Å². The maximum Gasteiger partial charge on any atom is 0.251 e. The molecule has 1 fully saturated rings. The Labute approximate surface area is 199 Å². The van der Waals surface area contributed by atoms with Crippen molar-refractivity contribution in [2.24, 2.45) is 5.92 Å². The Morgan fingerprint density at radius 2 is 1.94 bits per heavy atom. The maximum atomic E-state index is 12.7. The second kappa shape index (κ2) is 11.7. The highest BCUT2D eigenvalue weighted by Gasteiger charge is 2.24. The summed E-state index contributed by atoms with van der Waals surface area (Å²) < 4.78 is 6.20. The number of amides is 1. The molecule has 1 amide bonds. The molecule has 1 aliphatic carbocycles. The van der Waals surface area contributed by atoms with Crippen LogP contribution in [0.4, 0.5) is 0 Å². The monoisotopic (exact) mass is 449 g/mol. The topological polar surface area (TPSA) is 44.8 Å². The third-order valence-corrected chi connectivity index (χ3v) is 6.55. The number of nitrogens with zero attached hydrogens (tertiary/aromatic N) is 2. The summed E-state index contributed by atoms with van der Waals surface area (Å²) in [5.74, 6) is 1.78. The van der Waals surface area contributed by atoms with Gasteiger partial charge in [0, 0.05) is 38.2 Å². The van der Waals surface area contributed by atoms with E-state index in [-0.39, 0.29) is 5.91 Å². The number of ether oxygens (including phenoxy) is 1. The lowest BCUT2D eigenvalue weighted by atomic mass is 9.99. The van der Waals surface area contributed by atoms with Crippen molar-refractivity contribution in [2.75, 3.05) is 46.9 Å². The summed E-state index contributed by atoms with van der Waals surface area (Å²) in [6.45, 7) is 5.62. The van der Waals surface area contributed by atoms with Gasteiger partial charge in [-0.1, -0.05) is 24.3 Å². The molecule has 0 spiro atoms. The Morgan fingerprint density at radius 1 is 1.09 bits per heavy atom. The molecule has 5 heteroatoms. The van der Waals surface area contributed by atoms with Crippen LogP contribution >= 0.6 is 0 Å². The molecule has 33 heavy (non-hydrogen) atoms. The van der Waals surface area contributed by atoms with Crippen molar-refractivity contribution in [1.29, 1.82) is 0 Å². The lowest BCUT2D eigenvalue weighted by molar-refractivity contribution is 0.0951. The smallest absolute Gasteiger partial charge is 0.251 e. The van der Waals surface area contributed by atoms with Crippen molar-refractivity contribution in [3.05, 3.63) is 64.7 Å². The molecule has 2 aromatic carbocycles. The van der Waals surface area contributed by atoms with E-state index in [9.17, 15) is 4.79 Å². The largest absolute Gasteiger partial charge is 0.493 e. The van der Waals surface area contributed by atoms with Gasteiger partial charge in [-0.05, 0) is 93.6 Å². The van der Waals surface area contributed by atoms with E-state index in [4.69, 9.17) is 4.74 Å². The minimum atomic E-state index is -0.0245. The van der Waals surface area contributed by atoms with Gasteiger partial charge in [0.25, 0.3) is 5.91 Å². The van der Waals surface area contributed by atoms with E-state index in [2.05, 4.69) is 39.4 Å². The summed E-state index contributed by atoms with van der Waals surface area (Å²) in [7, 11) is 4.02. The molecular formula is C28H39N3O2. The van der Waals surface area contributed by atoms with E-state index in [1.54, 1.807) is 0 Å². The summed E-state index contributed by atoms with van der Waals surface area (Å²) >= 11 is 0. The normalized spacial score (nSPS) is 17.7. The molecule has 1 saturated carbocycles. The van der Waals surface area contributed by atoms with Gasteiger partial charge in [0.1, 0.15) is 5.75 Å². The molecule has 1 N–H and O–H groups in total. The summed E-state index contributed by atoms with van der Waals surface area (Å²) in [5.41, 5.74) is 4.43. The summed E-state index contributed by atoms with van der Waals surface area (Å²) in [6, 6.07) is 14.8. The fourth-order valence-electron chi connectivity index (χ4n) is 4.51. The SMILES string of the molecule is CN(C)CCNC(=O)c1ccc2c(c1)Cc1cccc(c1)CN(CC1CC1)CCCCCO2. The van der Waals surface area contributed by atoms with Crippen molar-refractivity contribution >= 4 is 5.91 Å². The molecule has 0 atom stereocenters. The van der Waals surface area contributed by atoms with E-state index in [0.29, 0.717) is 12.1 Å². The fourth-order valence-corrected chi connectivity index (χ4v) is 4.51. The first-order valence-corrected chi connectivity index (χ1v) is 12.6. The van der Waals surface area contributed by atoms with Crippen LogP contribution in [0.2, 0.25) is 0 Å². The zero-order chi connectivity index (χ0) is 23.0. The molecule has 2 aliphatic rings. The molecule has 4 rings (SSSR count). The van der Waals surface area contributed by atoms with Gasteiger partial charge in [-0.25, -0.2) is 0 Å². The predicted octanol–water partition coefficient (Wildman–Crippen LogP) is 4.34. The predicted molar refractivity (Wildman–Crippen MR) is 134 cm³/mol. The molecule has 0 aromatic heterocycles. The summed E-state index contributed by atoms with van der Waals surface area (Å²) in [4.78, 5) is 17.4. The highest BCUT2D eigenvalue weighted by Crippen LogP contribution is 2.31. The highest BCUT2D eigenvalue weighted by atomic mass is 16.5. The van der Waals surface area contributed by atoms with Crippen LogP contribution in [0.1, 0.15) is 59.2 Å². The zero-order valence-corrected chi connectivity index (χ0v) is 20.3. The van der Waals surface area contributed by atoms with Crippen LogP contribution in [-0.4, -0.2) is 62.6 Å². The highest BCUT2D eigenvalue weighted by molar-refractivity contribution is 5.94. The number of carbonyl (C=O) groups excluding carboxylic acids is 1. The van der Waals surface area contributed by atoms with Crippen molar-refractivity contribution in [3.8, 4) is 5.75 Å². The van der Waals surface area contributed by atoms with Gasteiger partial charge in [0.05, 0.1) is 6.61 Å². The van der Waals surface area contributed by atoms with E-state index in [1.165, 1.54) is 49.9 Å². The second-order valence-electron chi connectivity index (χ2n) is 9.97. The lowest BCUT2D eigenvalue weighted by Gasteiger charge is -2.23. The number of fused-ring (bicyclic) bond motifs is 3. The van der Waals surface area contributed by atoms with Gasteiger partial charge in [0.2, 0.25) is 0 Å². The molecule has 2 bridgehead atoms. The summed E-state index contributed by atoms with van der Waals surface area (Å²) in [6.07, 6.45) is 7.02. The molecule has 0 radical (unpaired) electrons. The van der Waals surface area contributed by atoms with Gasteiger partial charge < -0.3 is 15.0 Å². The molecule has 5 nitrogen and oxygen atoms in total. The Kier molecular flexibility index (Phi) is 8.40. The van der Waals surface area contributed by atoms with Gasteiger partial charge in [-0.3, -0.25) is 9.69 Å². The van der Waals surface area contributed by atoms with Crippen LogP contribution in [0.25, 0.3) is 0 Å². The molecule has 178 valence electrons. The van der Waals surface area contributed by atoms with Crippen molar-refractivity contribution in [2.45, 2.75) is 45.1 Å². The number of hydrogen-bond acceptors (Lipinski definition) is 4. The quantitative estimate of drug-likeness (QED) is 0.712. The Hall–Kier alpha value is -2.37. The fraction of sp³-hybridized carbons (Fsp3) is 0.536. The molecule has 0 unspecified atom stereocenters. The number of likely N-dealkylation sites (N-methyl/N-ethyl adjacent to an activating group) is 1. The van der Waals surface area contributed by atoms with Gasteiger partial charge in [0.15, 0.2) is 0 Å². The van der Waals surface area contributed by atoms with Crippen molar-refractivity contribution < 1.29 is 9.53 Å². The number of rotatable bonds is 6. The second-order valence-corrected chi connectivity index (χ2v) is 9.97. The molecule has 1 heterocycles. The summed E-state index contributed by atoms with van der Waals surface area (Å²) in [5, 5.41) is 3.03. The van der Waals surface area contributed by atoms with Gasteiger partial charge >= 0.3 is 0 Å². The third kappa shape index (κ3) is 7.58. The molecule has 1 aliphatic heterocycles. The van der Waals surface area contributed by atoms with Crippen LogP contribution in [-0.2, 0) is 13.0 Å². The molecule has 0 saturated heterocycles. The van der Waals surface area contributed by atoms with Gasteiger partial charge in [-0.15, -0.1) is 0 Å². The number of benzene rings is 2. The van der Waals surface area contributed by atoms with E-state index in [1.807, 2.05) is 32.3 Å². The van der Waals surface area contributed by atoms with Crippen LogP contribution in [0.5, 0.6) is 5.75 Å². The van der Waals surface area contributed by atoms with Crippen LogP contribution in [0.15, 0.2) is 42.5 Å². The number of hydrogen-bond donors (Lipinski definition) is 1. The Balaban J connectivity index is 1.53. The first-order chi connectivity index (χ1) is 16.1. The van der Waals surface area contributed by atoms with Crippen LogP contribution < -0.4 is 10.1 Å². The molecular weight excluding hydrogens is 410 g/mol. The molecule has 2 aromatic rings. The number of nitrogens with one attached hydrogen (secondary N) is 1. The lowest BCUT2D eigenvalue weighted by Crippen LogP contribution is -2.31.